The van der Waals surface area contributed by atoms with Crippen molar-refractivity contribution in [3.8, 4) is 0 Å². The van der Waals surface area contributed by atoms with Crippen molar-refractivity contribution in [3.63, 3.8) is 0 Å². The van der Waals surface area contributed by atoms with Crippen LogP contribution in [0.1, 0.15) is 39.2 Å². The molecule has 3 rings (SSSR count). The van der Waals surface area contributed by atoms with Crippen LogP contribution in [0.3, 0.4) is 0 Å². The molecule has 0 bridgehead atoms. The summed E-state index contributed by atoms with van der Waals surface area (Å²) in [6, 6.07) is 18.6. The first kappa shape index (κ1) is 31.9. The maximum absolute atomic E-state index is 14.1. The molecule has 0 radical (unpaired) electrons. The quantitative estimate of drug-likeness (QED) is 0.234. The third-order valence-corrected chi connectivity index (χ3v) is 9.50. The molecule has 214 valence electrons. The molecule has 2 atom stereocenters. The van der Waals surface area contributed by atoms with Crippen LogP contribution in [0.25, 0.3) is 0 Å². The third kappa shape index (κ3) is 8.00. The molecule has 0 aromatic heterocycles. The Morgan fingerprint density at radius 2 is 1.57 bits per heavy atom. The van der Waals surface area contributed by atoms with Crippen LogP contribution in [0.4, 0.5) is 5.69 Å². The summed E-state index contributed by atoms with van der Waals surface area (Å²) < 4.78 is 29.4. The number of halogens is 3. The van der Waals surface area contributed by atoms with Crippen LogP contribution in [0, 0.1) is 0 Å². The van der Waals surface area contributed by atoms with Crippen molar-refractivity contribution < 1.29 is 18.0 Å². The smallest absolute Gasteiger partial charge is 0.264 e. The zero-order chi connectivity index (χ0) is 29.4. The highest BCUT2D eigenvalue weighted by Crippen LogP contribution is 2.27. The molecule has 1 N–H and O–H groups in total. The molecule has 0 heterocycles. The Morgan fingerprint density at radius 3 is 2.15 bits per heavy atom. The summed E-state index contributed by atoms with van der Waals surface area (Å²) in [7, 11) is -4.12. The number of nitrogens with zero attached hydrogens (tertiary/aromatic N) is 2. The SMILES string of the molecule is CC[C@H](C)NC(=O)[C@H](CC)N(Cc1ccc(Cl)c(Cl)c1)C(=O)CN(c1ccc(Br)cc1)S(=O)(=O)c1ccccc1. The number of carbonyl (C=O) groups excluding carboxylic acids is 2. The van der Waals surface area contributed by atoms with E-state index in [1.165, 1.54) is 17.0 Å². The predicted molar refractivity (Wildman–Crippen MR) is 164 cm³/mol. The second kappa shape index (κ2) is 14.3. The van der Waals surface area contributed by atoms with Gasteiger partial charge >= 0.3 is 0 Å². The maximum Gasteiger partial charge on any atom is 0.264 e. The van der Waals surface area contributed by atoms with Crippen LogP contribution in [0.2, 0.25) is 10.0 Å². The van der Waals surface area contributed by atoms with E-state index in [1.807, 2.05) is 20.8 Å². The van der Waals surface area contributed by atoms with Crippen LogP contribution < -0.4 is 9.62 Å². The van der Waals surface area contributed by atoms with Gasteiger partial charge in [-0.05, 0) is 73.9 Å². The van der Waals surface area contributed by atoms with Gasteiger partial charge < -0.3 is 10.2 Å². The zero-order valence-corrected chi connectivity index (χ0v) is 26.4. The fraction of sp³-hybridized carbons (Fsp3) is 0.310. The van der Waals surface area contributed by atoms with Gasteiger partial charge in [-0.2, -0.15) is 0 Å². The molecule has 0 fully saturated rings. The van der Waals surface area contributed by atoms with Crippen molar-refractivity contribution in [1.82, 2.24) is 10.2 Å². The van der Waals surface area contributed by atoms with E-state index < -0.39 is 28.5 Å². The average Bonchev–Trinajstić information content (AvgIpc) is 2.94. The molecule has 0 saturated carbocycles. The standard InChI is InChI=1S/C29H32BrCl2N3O4S/c1-4-20(3)33-29(37)27(5-2)34(18-21-11-16-25(31)26(32)17-21)28(36)19-35(23-14-12-22(30)13-15-23)40(38,39)24-9-7-6-8-10-24/h6-17,20,27H,4-5,18-19H2,1-3H3,(H,33,37)/t20-,27-/m0/s1. The first-order valence-electron chi connectivity index (χ1n) is 12.8. The minimum atomic E-state index is -4.12. The minimum absolute atomic E-state index is 0.0295. The Kier molecular flexibility index (Phi) is 11.5. The maximum atomic E-state index is 14.1. The van der Waals surface area contributed by atoms with Gasteiger partial charge in [-0.25, -0.2) is 8.42 Å². The van der Waals surface area contributed by atoms with E-state index in [0.29, 0.717) is 27.7 Å². The van der Waals surface area contributed by atoms with Crippen LogP contribution in [0.15, 0.2) is 82.2 Å². The van der Waals surface area contributed by atoms with Crippen LogP contribution >= 0.6 is 39.1 Å². The van der Waals surface area contributed by atoms with Crippen molar-refractivity contribution in [3.05, 3.63) is 92.9 Å². The van der Waals surface area contributed by atoms with Crippen molar-refractivity contribution in [2.45, 2.75) is 57.1 Å². The predicted octanol–water partition coefficient (Wildman–Crippen LogP) is 6.67. The van der Waals surface area contributed by atoms with Crippen molar-refractivity contribution in [2.24, 2.45) is 0 Å². The zero-order valence-electron chi connectivity index (χ0n) is 22.5. The fourth-order valence-electron chi connectivity index (χ4n) is 4.05. The number of nitrogens with one attached hydrogen (secondary N) is 1. The van der Waals surface area contributed by atoms with E-state index in [0.717, 1.165) is 15.2 Å². The normalized spacial score (nSPS) is 12.8. The topological polar surface area (TPSA) is 86.8 Å². The van der Waals surface area contributed by atoms with Gasteiger partial charge in [0.1, 0.15) is 12.6 Å². The van der Waals surface area contributed by atoms with Crippen molar-refractivity contribution in [1.29, 1.82) is 0 Å². The summed E-state index contributed by atoms with van der Waals surface area (Å²) in [5.74, 6) is -0.856. The van der Waals surface area contributed by atoms with Crippen LogP contribution in [-0.2, 0) is 26.2 Å². The molecule has 0 saturated heterocycles. The summed E-state index contributed by atoms with van der Waals surface area (Å²) in [6.45, 7) is 5.16. The van der Waals surface area contributed by atoms with Gasteiger partial charge in [0.2, 0.25) is 11.8 Å². The summed E-state index contributed by atoms with van der Waals surface area (Å²) in [5, 5.41) is 3.63. The lowest BCUT2D eigenvalue weighted by atomic mass is 10.1. The minimum Gasteiger partial charge on any atom is -0.352 e. The van der Waals surface area contributed by atoms with Crippen molar-refractivity contribution in [2.75, 3.05) is 10.8 Å². The summed E-state index contributed by atoms with van der Waals surface area (Å²) in [4.78, 5) is 28.8. The van der Waals surface area contributed by atoms with Crippen LogP contribution in [-0.4, -0.2) is 43.8 Å². The molecule has 0 aliphatic rings. The number of hydrogen-bond acceptors (Lipinski definition) is 4. The van der Waals surface area contributed by atoms with Gasteiger partial charge in [0.25, 0.3) is 10.0 Å². The number of hydrogen-bond donors (Lipinski definition) is 1. The number of rotatable bonds is 12. The molecule has 3 aromatic rings. The lowest BCUT2D eigenvalue weighted by Crippen LogP contribution is -2.53. The molecule has 40 heavy (non-hydrogen) atoms. The molecule has 0 aliphatic heterocycles. The Hall–Kier alpha value is -2.59. The number of sulfonamides is 1. The number of carbonyl (C=O) groups is 2. The van der Waals surface area contributed by atoms with Gasteiger partial charge in [-0.3, -0.25) is 13.9 Å². The molecule has 0 aliphatic carbocycles. The molecular formula is C29H32BrCl2N3O4S. The van der Waals surface area contributed by atoms with Gasteiger partial charge in [-0.15, -0.1) is 0 Å². The summed E-state index contributed by atoms with van der Waals surface area (Å²) >= 11 is 15.7. The van der Waals surface area contributed by atoms with E-state index in [4.69, 9.17) is 23.2 Å². The Bertz CT molecular complexity index is 1420. The summed E-state index contributed by atoms with van der Waals surface area (Å²) in [5.41, 5.74) is 0.964. The average molecular weight is 669 g/mol. The number of anilines is 1. The van der Waals surface area contributed by atoms with E-state index in [1.54, 1.807) is 60.7 Å². The first-order valence-corrected chi connectivity index (χ1v) is 15.8. The summed E-state index contributed by atoms with van der Waals surface area (Å²) in [6.07, 6.45) is 1.04. The van der Waals surface area contributed by atoms with E-state index in [2.05, 4.69) is 21.2 Å². The highest BCUT2D eigenvalue weighted by atomic mass is 79.9. The van der Waals surface area contributed by atoms with Gasteiger partial charge in [0, 0.05) is 17.1 Å². The molecule has 3 aromatic carbocycles. The second-order valence-electron chi connectivity index (χ2n) is 9.31. The Balaban J connectivity index is 2.06. The van der Waals surface area contributed by atoms with Crippen LogP contribution in [0.5, 0.6) is 0 Å². The molecule has 7 nitrogen and oxygen atoms in total. The van der Waals surface area contributed by atoms with E-state index in [-0.39, 0.29) is 23.4 Å². The second-order valence-corrected chi connectivity index (χ2v) is 12.9. The van der Waals surface area contributed by atoms with Gasteiger partial charge in [0.05, 0.1) is 20.6 Å². The van der Waals surface area contributed by atoms with Gasteiger partial charge in [-0.1, -0.05) is 77.2 Å². The Labute approximate surface area is 254 Å². The Morgan fingerprint density at radius 1 is 0.925 bits per heavy atom. The van der Waals surface area contributed by atoms with E-state index >= 15 is 0 Å². The lowest BCUT2D eigenvalue weighted by molar-refractivity contribution is -0.140. The lowest BCUT2D eigenvalue weighted by Gasteiger charge is -2.33. The molecule has 2 amide bonds. The first-order chi connectivity index (χ1) is 19.0. The molecule has 11 heteroatoms. The fourth-order valence-corrected chi connectivity index (χ4v) is 6.07. The van der Waals surface area contributed by atoms with Crippen molar-refractivity contribution >= 4 is 66.7 Å². The molecular weight excluding hydrogens is 637 g/mol. The largest absolute Gasteiger partial charge is 0.352 e. The molecule has 0 spiro atoms. The number of amides is 2. The third-order valence-electron chi connectivity index (χ3n) is 6.45. The monoisotopic (exact) mass is 667 g/mol. The highest BCUT2D eigenvalue weighted by Gasteiger charge is 2.34. The molecule has 0 unspecified atom stereocenters. The highest BCUT2D eigenvalue weighted by molar-refractivity contribution is 9.10. The van der Waals surface area contributed by atoms with Gasteiger partial charge in [0.15, 0.2) is 0 Å². The van der Waals surface area contributed by atoms with E-state index in [9.17, 15) is 18.0 Å². The number of benzene rings is 3.